The standard InChI is InChI=1S/C16H24N2O3/c1-3-11(2)15(16(20)21)18-14(19)10-9-13(17)12-7-5-4-6-8-12/h4-8,11,13,15H,3,9-10,17H2,1-2H3,(H,18,19)(H,20,21). The van der Waals surface area contributed by atoms with E-state index in [9.17, 15) is 9.59 Å². The van der Waals surface area contributed by atoms with Gasteiger partial charge in [-0.05, 0) is 17.9 Å². The van der Waals surface area contributed by atoms with Crippen LogP contribution in [0.5, 0.6) is 0 Å². The Kier molecular flexibility index (Phi) is 6.88. The molecule has 3 atom stereocenters. The van der Waals surface area contributed by atoms with Crippen molar-refractivity contribution in [2.75, 3.05) is 0 Å². The van der Waals surface area contributed by atoms with Gasteiger partial charge in [-0.2, -0.15) is 0 Å². The van der Waals surface area contributed by atoms with Crippen LogP contribution in [0.3, 0.4) is 0 Å². The van der Waals surface area contributed by atoms with Gasteiger partial charge in [0.05, 0.1) is 0 Å². The molecule has 0 aliphatic carbocycles. The number of carboxylic acids is 1. The number of rotatable bonds is 8. The third kappa shape index (κ3) is 5.55. The molecule has 3 unspecified atom stereocenters. The van der Waals surface area contributed by atoms with Crippen LogP contribution in [-0.4, -0.2) is 23.0 Å². The molecule has 0 saturated carbocycles. The lowest BCUT2D eigenvalue weighted by molar-refractivity contribution is -0.143. The number of carbonyl (C=O) groups excluding carboxylic acids is 1. The van der Waals surface area contributed by atoms with Gasteiger partial charge in [0.1, 0.15) is 6.04 Å². The summed E-state index contributed by atoms with van der Waals surface area (Å²) in [6.45, 7) is 3.72. The summed E-state index contributed by atoms with van der Waals surface area (Å²) in [5, 5.41) is 11.7. The van der Waals surface area contributed by atoms with E-state index in [-0.39, 0.29) is 24.3 Å². The highest BCUT2D eigenvalue weighted by atomic mass is 16.4. The Hall–Kier alpha value is -1.88. The highest BCUT2D eigenvalue weighted by molar-refractivity contribution is 5.83. The zero-order chi connectivity index (χ0) is 15.8. The smallest absolute Gasteiger partial charge is 0.326 e. The molecule has 4 N–H and O–H groups in total. The van der Waals surface area contributed by atoms with Crippen LogP contribution in [0.25, 0.3) is 0 Å². The van der Waals surface area contributed by atoms with Crippen LogP contribution in [0.15, 0.2) is 30.3 Å². The highest BCUT2D eigenvalue weighted by Gasteiger charge is 2.25. The molecule has 21 heavy (non-hydrogen) atoms. The van der Waals surface area contributed by atoms with Gasteiger partial charge >= 0.3 is 5.97 Å². The van der Waals surface area contributed by atoms with Crippen LogP contribution in [0.1, 0.15) is 44.7 Å². The second-order valence-electron chi connectivity index (χ2n) is 5.32. The lowest BCUT2D eigenvalue weighted by atomic mass is 9.98. The Morgan fingerprint density at radius 3 is 2.43 bits per heavy atom. The quantitative estimate of drug-likeness (QED) is 0.684. The summed E-state index contributed by atoms with van der Waals surface area (Å²) in [7, 11) is 0. The Bertz CT molecular complexity index is 462. The summed E-state index contributed by atoms with van der Waals surface area (Å²) in [5.74, 6) is -1.37. The van der Waals surface area contributed by atoms with Crippen molar-refractivity contribution in [1.82, 2.24) is 5.32 Å². The van der Waals surface area contributed by atoms with Gasteiger partial charge in [0.15, 0.2) is 0 Å². The molecule has 0 aliphatic heterocycles. The van der Waals surface area contributed by atoms with Crippen LogP contribution in [0, 0.1) is 5.92 Å². The van der Waals surface area contributed by atoms with Crippen LogP contribution in [0.4, 0.5) is 0 Å². The van der Waals surface area contributed by atoms with E-state index in [4.69, 9.17) is 10.8 Å². The molecule has 0 radical (unpaired) electrons. The number of amides is 1. The molecule has 0 bridgehead atoms. The van der Waals surface area contributed by atoms with E-state index in [2.05, 4.69) is 5.32 Å². The molecule has 5 heteroatoms. The first-order valence-corrected chi connectivity index (χ1v) is 7.28. The van der Waals surface area contributed by atoms with Gasteiger partial charge in [-0.3, -0.25) is 4.79 Å². The maximum Gasteiger partial charge on any atom is 0.326 e. The summed E-state index contributed by atoms with van der Waals surface area (Å²) >= 11 is 0. The summed E-state index contributed by atoms with van der Waals surface area (Å²) in [6, 6.07) is 8.49. The topological polar surface area (TPSA) is 92.4 Å². The normalized spacial score (nSPS) is 15.0. The maximum absolute atomic E-state index is 11.9. The third-order valence-corrected chi connectivity index (χ3v) is 3.71. The first kappa shape index (κ1) is 17.2. The Balaban J connectivity index is 2.48. The number of hydrogen-bond donors (Lipinski definition) is 3. The zero-order valence-electron chi connectivity index (χ0n) is 12.6. The van der Waals surface area contributed by atoms with E-state index in [1.165, 1.54) is 0 Å². The minimum absolute atomic E-state index is 0.103. The van der Waals surface area contributed by atoms with E-state index in [1.807, 2.05) is 44.2 Å². The number of nitrogens with one attached hydrogen (secondary N) is 1. The first-order chi connectivity index (χ1) is 9.95. The average Bonchev–Trinajstić information content (AvgIpc) is 2.50. The molecule has 1 aromatic rings. The second-order valence-corrected chi connectivity index (χ2v) is 5.32. The molecule has 1 aromatic carbocycles. The molecule has 116 valence electrons. The SMILES string of the molecule is CCC(C)C(NC(=O)CCC(N)c1ccccc1)C(=O)O. The Labute approximate surface area is 125 Å². The van der Waals surface area contributed by atoms with Crippen molar-refractivity contribution in [2.45, 2.75) is 45.2 Å². The second kappa shape index (κ2) is 8.42. The van der Waals surface area contributed by atoms with Crippen molar-refractivity contribution in [3.8, 4) is 0 Å². The van der Waals surface area contributed by atoms with E-state index in [0.717, 1.165) is 5.56 Å². The van der Waals surface area contributed by atoms with Crippen molar-refractivity contribution in [3.63, 3.8) is 0 Å². The molecule has 0 saturated heterocycles. The van der Waals surface area contributed by atoms with Crippen molar-refractivity contribution < 1.29 is 14.7 Å². The van der Waals surface area contributed by atoms with Gasteiger partial charge in [-0.25, -0.2) is 4.79 Å². The van der Waals surface area contributed by atoms with Crippen molar-refractivity contribution >= 4 is 11.9 Å². The van der Waals surface area contributed by atoms with Gasteiger partial charge in [-0.1, -0.05) is 50.6 Å². The molecular weight excluding hydrogens is 268 g/mol. The van der Waals surface area contributed by atoms with Crippen molar-refractivity contribution in [2.24, 2.45) is 11.7 Å². The van der Waals surface area contributed by atoms with Crippen LogP contribution >= 0.6 is 0 Å². The molecule has 1 rings (SSSR count). The molecule has 0 heterocycles. The molecule has 0 aliphatic rings. The van der Waals surface area contributed by atoms with E-state index in [1.54, 1.807) is 0 Å². The highest BCUT2D eigenvalue weighted by Crippen LogP contribution is 2.15. The predicted octanol–water partition coefficient (Wildman–Crippen LogP) is 2.08. The number of aliphatic carboxylic acids is 1. The van der Waals surface area contributed by atoms with Crippen LogP contribution in [0.2, 0.25) is 0 Å². The van der Waals surface area contributed by atoms with Crippen molar-refractivity contribution in [3.05, 3.63) is 35.9 Å². The van der Waals surface area contributed by atoms with E-state index < -0.39 is 12.0 Å². The summed E-state index contributed by atoms with van der Waals surface area (Å²) in [6.07, 6.45) is 1.40. The van der Waals surface area contributed by atoms with Gasteiger partial charge in [0, 0.05) is 12.5 Å². The first-order valence-electron chi connectivity index (χ1n) is 7.28. The molecule has 0 aromatic heterocycles. The predicted molar refractivity (Wildman–Crippen MR) is 81.6 cm³/mol. The maximum atomic E-state index is 11.9. The van der Waals surface area contributed by atoms with Crippen molar-refractivity contribution in [1.29, 1.82) is 0 Å². The fourth-order valence-corrected chi connectivity index (χ4v) is 2.08. The number of benzene rings is 1. The Morgan fingerprint density at radius 2 is 1.90 bits per heavy atom. The third-order valence-electron chi connectivity index (χ3n) is 3.71. The van der Waals surface area contributed by atoms with Crippen LogP contribution < -0.4 is 11.1 Å². The molecular formula is C16H24N2O3. The Morgan fingerprint density at radius 1 is 1.29 bits per heavy atom. The lowest BCUT2D eigenvalue weighted by Gasteiger charge is -2.20. The van der Waals surface area contributed by atoms with E-state index >= 15 is 0 Å². The van der Waals surface area contributed by atoms with E-state index in [0.29, 0.717) is 12.8 Å². The monoisotopic (exact) mass is 292 g/mol. The summed E-state index contributed by atoms with van der Waals surface area (Å²) < 4.78 is 0. The number of carboxylic acid groups (broad SMARTS) is 1. The lowest BCUT2D eigenvalue weighted by Crippen LogP contribution is -2.45. The minimum atomic E-state index is -0.995. The minimum Gasteiger partial charge on any atom is -0.480 e. The van der Waals surface area contributed by atoms with Gasteiger partial charge in [0.2, 0.25) is 5.91 Å². The number of carbonyl (C=O) groups is 2. The molecule has 0 fully saturated rings. The van der Waals surface area contributed by atoms with Crippen LogP contribution in [-0.2, 0) is 9.59 Å². The molecule has 1 amide bonds. The average molecular weight is 292 g/mol. The van der Waals surface area contributed by atoms with Gasteiger partial charge in [0.25, 0.3) is 0 Å². The molecule has 0 spiro atoms. The summed E-state index contributed by atoms with van der Waals surface area (Å²) in [5.41, 5.74) is 7.00. The summed E-state index contributed by atoms with van der Waals surface area (Å²) in [4.78, 5) is 23.0. The number of hydrogen-bond acceptors (Lipinski definition) is 3. The zero-order valence-corrected chi connectivity index (χ0v) is 12.6. The fourth-order valence-electron chi connectivity index (χ4n) is 2.08. The van der Waals surface area contributed by atoms with Gasteiger partial charge in [-0.15, -0.1) is 0 Å². The van der Waals surface area contributed by atoms with Gasteiger partial charge < -0.3 is 16.2 Å². The fraction of sp³-hybridized carbons (Fsp3) is 0.500. The molecule has 5 nitrogen and oxygen atoms in total. The largest absolute Gasteiger partial charge is 0.480 e. The number of nitrogens with two attached hydrogens (primary N) is 1.